The van der Waals surface area contributed by atoms with E-state index in [2.05, 4.69) is 30.1 Å². The lowest BCUT2D eigenvalue weighted by molar-refractivity contribution is 0.147. The molecule has 0 aliphatic carbocycles. The third-order valence-electron chi connectivity index (χ3n) is 3.33. The maximum absolute atomic E-state index is 5.44. The van der Waals surface area contributed by atoms with E-state index in [1.165, 1.54) is 6.42 Å². The molecule has 2 heterocycles. The van der Waals surface area contributed by atoms with E-state index in [-0.39, 0.29) is 0 Å². The zero-order chi connectivity index (χ0) is 11.4. The van der Waals surface area contributed by atoms with E-state index < -0.39 is 0 Å². The van der Waals surface area contributed by atoms with Gasteiger partial charge in [-0.2, -0.15) is 0 Å². The van der Waals surface area contributed by atoms with Crippen LogP contribution in [0.4, 0.5) is 0 Å². The molecular formula is C13H22N2O. The number of nitrogens with zero attached hydrogens (tertiary/aromatic N) is 1. The Balaban J connectivity index is 2.02. The zero-order valence-corrected chi connectivity index (χ0v) is 10.3. The molecule has 0 amide bonds. The molecule has 1 aliphatic rings. The van der Waals surface area contributed by atoms with Gasteiger partial charge in [0, 0.05) is 19.1 Å². The Hall–Kier alpha value is -0.800. The van der Waals surface area contributed by atoms with E-state index in [0.29, 0.717) is 12.0 Å². The lowest BCUT2D eigenvalue weighted by Gasteiger charge is -2.31. The maximum Gasteiger partial charge on any atom is 0.117 e. The highest BCUT2D eigenvalue weighted by Gasteiger charge is 2.24. The van der Waals surface area contributed by atoms with Gasteiger partial charge in [0.25, 0.3) is 0 Å². The summed E-state index contributed by atoms with van der Waals surface area (Å²) in [5.74, 6) is 1.76. The Bertz CT molecular complexity index is 295. The largest absolute Gasteiger partial charge is 0.468 e. The quantitative estimate of drug-likeness (QED) is 0.849. The smallest absolute Gasteiger partial charge is 0.117 e. The second-order valence-electron chi connectivity index (χ2n) is 4.92. The van der Waals surface area contributed by atoms with Gasteiger partial charge in [0.05, 0.1) is 12.8 Å². The SMILES string of the molecule is CC(C)C1CNCCCN1Cc1ccco1. The summed E-state index contributed by atoms with van der Waals surface area (Å²) in [6.07, 6.45) is 2.99. The zero-order valence-electron chi connectivity index (χ0n) is 10.3. The van der Waals surface area contributed by atoms with Crippen molar-refractivity contribution in [3.8, 4) is 0 Å². The van der Waals surface area contributed by atoms with E-state index in [1.807, 2.05) is 6.07 Å². The van der Waals surface area contributed by atoms with E-state index in [9.17, 15) is 0 Å². The molecule has 1 saturated heterocycles. The molecule has 1 fully saturated rings. The molecule has 1 aliphatic heterocycles. The van der Waals surface area contributed by atoms with Crippen LogP contribution in [0.3, 0.4) is 0 Å². The van der Waals surface area contributed by atoms with Gasteiger partial charge in [0.15, 0.2) is 0 Å². The lowest BCUT2D eigenvalue weighted by Crippen LogP contribution is -2.42. The Morgan fingerprint density at radius 1 is 1.56 bits per heavy atom. The Labute approximate surface area is 97.8 Å². The lowest BCUT2D eigenvalue weighted by atomic mass is 10.0. The molecular weight excluding hydrogens is 200 g/mol. The number of rotatable bonds is 3. The summed E-state index contributed by atoms with van der Waals surface area (Å²) in [7, 11) is 0. The third-order valence-corrected chi connectivity index (χ3v) is 3.33. The van der Waals surface area contributed by atoms with Crippen molar-refractivity contribution in [3.63, 3.8) is 0 Å². The third kappa shape index (κ3) is 2.86. The van der Waals surface area contributed by atoms with Gasteiger partial charge in [-0.25, -0.2) is 0 Å². The first-order chi connectivity index (χ1) is 7.77. The van der Waals surface area contributed by atoms with Crippen LogP contribution < -0.4 is 5.32 Å². The predicted molar refractivity (Wildman–Crippen MR) is 65.2 cm³/mol. The number of nitrogens with one attached hydrogen (secondary N) is 1. The van der Waals surface area contributed by atoms with Crippen molar-refractivity contribution in [1.29, 1.82) is 0 Å². The number of hydrogen-bond acceptors (Lipinski definition) is 3. The molecule has 0 aromatic carbocycles. The van der Waals surface area contributed by atoms with Crippen molar-refractivity contribution in [1.82, 2.24) is 10.2 Å². The highest BCUT2D eigenvalue weighted by Crippen LogP contribution is 2.16. The van der Waals surface area contributed by atoms with Crippen LogP contribution in [0.15, 0.2) is 22.8 Å². The second kappa shape index (κ2) is 5.51. The Morgan fingerprint density at radius 3 is 3.12 bits per heavy atom. The van der Waals surface area contributed by atoms with Crippen LogP contribution in [0.1, 0.15) is 26.0 Å². The summed E-state index contributed by atoms with van der Waals surface area (Å²) >= 11 is 0. The van der Waals surface area contributed by atoms with Gasteiger partial charge in [-0.15, -0.1) is 0 Å². The Morgan fingerprint density at radius 2 is 2.44 bits per heavy atom. The highest BCUT2D eigenvalue weighted by atomic mass is 16.3. The van der Waals surface area contributed by atoms with Crippen LogP contribution in [0, 0.1) is 5.92 Å². The average molecular weight is 222 g/mol. The van der Waals surface area contributed by atoms with Crippen LogP contribution in [0.5, 0.6) is 0 Å². The fourth-order valence-electron chi connectivity index (χ4n) is 2.41. The van der Waals surface area contributed by atoms with Crippen LogP contribution in [-0.4, -0.2) is 30.6 Å². The van der Waals surface area contributed by atoms with Gasteiger partial charge < -0.3 is 9.73 Å². The molecule has 1 aromatic heterocycles. The van der Waals surface area contributed by atoms with Crippen LogP contribution in [-0.2, 0) is 6.54 Å². The van der Waals surface area contributed by atoms with Crippen LogP contribution in [0.2, 0.25) is 0 Å². The standard InChI is InChI=1S/C13H22N2O/c1-11(2)13-9-14-6-4-7-15(13)10-12-5-3-8-16-12/h3,5,8,11,13-14H,4,6-7,9-10H2,1-2H3. The van der Waals surface area contributed by atoms with E-state index in [4.69, 9.17) is 4.42 Å². The summed E-state index contributed by atoms with van der Waals surface area (Å²) in [5.41, 5.74) is 0. The van der Waals surface area contributed by atoms with Crippen LogP contribution in [0.25, 0.3) is 0 Å². The molecule has 3 nitrogen and oxygen atoms in total. The van der Waals surface area contributed by atoms with E-state index >= 15 is 0 Å². The van der Waals surface area contributed by atoms with Gasteiger partial charge in [-0.05, 0) is 31.0 Å². The summed E-state index contributed by atoms with van der Waals surface area (Å²) in [6.45, 7) is 8.93. The van der Waals surface area contributed by atoms with Crippen LogP contribution >= 0.6 is 0 Å². The van der Waals surface area contributed by atoms with Crippen molar-refractivity contribution >= 4 is 0 Å². The molecule has 1 atom stereocenters. The summed E-state index contributed by atoms with van der Waals surface area (Å²) in [6, 6.07) is 4.65. The molecule has 0 spiro atoms. The normalized spacial score (nSPS) is 23.6. The number of furan rings is 1. The molecule has 0 radical (unpaired) electrons. The molecule has 1 unspecified atom stereocenters. The number of hydrogen-bond donors (Lipinski definition) is 1. The van der Waals surface area contributed by atoms with Gasteiger partial charge in [-0.1, -0.05) is 13.8 Å². The van der Waals surface area contributed by atoms with Crippen molar-refractivity contribution in [2.24, 2.45) is 5.92 Å². The van der Waals surface area contributed by atoms with Gasteiger partial charge in [-0.3, -0.25) is 4.90 Å². The monoisotopic (exact) mass is 222 g/mol. The summed E-state index contributed by atoms with van der Waals surface area (Å²) < 4.78 is 5.44. The summed E-state index contributed by atoms with van der Waals surface area (Å²) in [4.78, 5) is 2.55. The molecule has 16 heavy (non-hydrogen) atoms. The van der Waals surface area contributed by atoms with Crippen molar-refractivity contribution in [2.75, 3.05) is 19.6 Å². The minimum Gasteiger partial charge on any atom is -0.468 e. The Kier molecular flexibility index (Phi) is 4.02. The average Bonchev–Trinajstić information content (AvgIpc) is 2.63. The van der Waals surface area contributed by atoms with Crippen molar-refractivity contribution < 1.29 is 4.42 Å². The first-order valence-electron chi connectivity index (χ1n) is 6.24. The summed E-state index contributed by atoms with van der Waals surface area (Å²) in [5, 5.41) is 3.52. The topological polar surface area (TPSA) is 28.4 Å². The second-order valence-corrected chi connectivity index (χ2v) is 4.92. The van der Waals surface area contributed by atoms with Gasteiger partial charge in [0.1, 0.15) is 5.76 Å². The van der Waals surface area contributed by atoms with E-state index in [0.717, 1.165) is 31.9 Å². The fraction of sp³-hybridized carbons (Fsp3) is 0.692. The molecule has 0 bridgehead atoms. The maximum atomic E-state index is 5.44. The van der Waals surface area contributed by atoms with Crippen molar-refractivity contribution in [2.45, 2.75) is 32.9 Å². The molecule has 0 saturated carbocycles. The van der Waals surface area contributed by atoms with Gasteiger partial charge in [0.2, 0.25) is 0 Å². The predicted octanol–water partition coefficient (Wildman–Crippen LogP) is 2.10. The van der Waals surface area contributed by atoms with Gasteiger partial charge >= 0.3 is 0 Å². The van der Waals surface area contributed by atoms with Crippen molar-refractivity contribution in [3.05, 3.63) is 24.2 Å². The minimum atomic E-state index is 0.618. The molecule has 1 aromatic rings. The fourth-order valence-corrected chi connectivity index (χ4v) is 2.41. The molecule has 3 heteroatoms. The first-order valence-corrected chi connectivity index (χ1v) is 6.24. The first kappa shape index (κ1) is 11.7. The highest BCUT2D eigenvalue weighted by molar-refractivity contribution is 4.99. The van der Waals surface area contributed by atoms with E-state index in [1.54, 1.807) is 6.26 Å². The minimum absolute atomic E-state index is 0.618. The molecule has 90 valence electrons. The molecule has 2 rings (SSSR count). The molecule has 1 N–H and O–H groups in total.